The molecule has 0 saturated heterocycles. The predicted octanol–water partition coefficient (Wildman–Crippen LogP) is 3.59. The topological polar surface area (TPSA) is 106 Å². The Labute approximate surface area is 192 Å². The zero-order valence-corrected chi connectivity index (χ0v) is 19.5. The summed E-state index contributed by atoms with van der Waals surface area (Å²) in [4.78, 5) is 24.5. The maximum atomic E-state index is 14.9. The summed E-state index contributed by atoms with van der Waals surface area (Å²) in [6.07, 6.45) is -1.05. The number of carbonyl (C=O) groups is 1. The van der Waals surface area contributed by atoms with E-state index in [1.165, 1.54) is 31.1 Å². The van der Waals surface area contributed by atoms with Gasteiger partial charge in [0.2, 0.25) is 10.0 Å². The van der Waals surface area contributed by atoms with Crippen molar-refractivity contribution in [2.45, 2.75) is 18.2 Å². The van der Waals surface area contributed by atoms with Crippen LogP contribution in [0.1, 0.15) is 16.7 Å². The lowest BCUT2D eigenvalue weighted by Gasteiger charge is -2.14. The quantitative estimate of drug-likeness (QED) is 0.537. The van der Waals surface area contributed by atoms with Crippen LogP contribution in [0.3, 0.4) is 0 Å². The number of hydrogen-bond donors (Lipinski definition) is 1. The average molecular weight is 501 g/mol. The number of ether oxygens (including phenoxy) is 1. The first-order valence-corrected chi connectivity index (χ1v) is 11.3. The van der Waals surface area contributed by atoms with Crippen molar-refractivity contribution in [2.24, 2.45) is 0 Å². The van der Waals surface area contributed by atoms with Crippen LogP contribution in [0, 0.1) is 18.6 Å². The van der Waals surface area contributed by atoms with Crippen molar-refractivity contribution in [2.75, 3.05) is 21.1 Å². The number of benzene rings is 2. The minimum Gasteiger partial charge on any atom is -0.422 e. The molecule has 33 heavy (non-hydrogen) atoms. The van der Waals surface area contributed by atoms with Gasteiger partial charge < -0.3 is 14.1 Å². The second-order valence-corrected chi connectivity index (χ2v) is 9.50. The van der Waals surface area contributed by atoms with Crippen LogP contribution in [0.4, 0.5) is 13.6 Å². The molecule has 0 fully saturated rings. The van der Waals surface area contributed by atoms with Gasteiger partial charge >= 0.3 is 11.7 Å². The van der Waals surface area contributed by atoms with Crippen LogP contribution < -0.4 is 15.1 Å². The van der Waals surface area contributed by atoms with Gasteiger partial charge in [-0.2, -0.15) is 0 Å². The Balaban J connectivity index is 2.12. The van der Waals surface area contributed by atoms with Crippen LogP contribution in [0.15, 0.2) is 38.4 Å². The molecule has 0 unspecified atom stereocenters. The molecule has 0 aliphatic heterocycles. The van der Waals surface area contributed by atoms with Crippen LogP contribution in [0.2, 0.25) is 5.02 Å². The molecule has 2 aromatic carbocycles. The molecule has 1 aromatic heterocycles. The third-order valence-corrected chi connectivity index (χ3v) is 6.68. The lowest BCUT2D eigenvalue weighted by atomic mass is 9.99. The lowest BCUT2D eigenvalue weighted by Crippen LogP contribution is -2.25. The van der Waals surface area contributed by atoms with Crippen molar-refractivity contribution < 1.29 is 31.1 Å². The normalized spacial score (nSPS) is 11.6. The van der Waals surface area contributed by atoms with Gasteiger partial charge in [0.15, 0.2) is 10.6 Å². The maximum Gasteiger partial charge on any atom is 0.414 e. The molecule has 1 heterocycles. The van der Waals surface area contributed by atoms with Crippen molar-refractivity contribution in [3.63, 3.8) is 0 Å². The zero-order valence-electron chi connectivity index (χ0n) is 18.0. The molecule has 3 rings (SSSR count). The lowest BCUT2D eigenvalue weighted by molar-refractivity contribution is 0.172. The summed E-state index contributed by atoms with van der Waals surface area (Å²) < 4.78 is 65.3. The van der Waals surface area contributed by atoms with E-state index in [2.05, 4.69) is 0 Å². The number of aryl methyl sites for hydroxylation is 1. The summed E-state index contributed by atoms with van der Waals surface area (Å²) in [5.41, 5.74) is -0.563. The molecule has 0 spiro atoms. The van der Waals surface area contributed by atoms with Gasteiger partial charge in [0.25, 0.3) is 0 Å². The Morgan fingerprint density at radius 3 is 2.52 bits per heavy atom. The molecule has 176 valence electrons. The first-order chi connectivity index (χ1) is 15.4. The van der Waals surface area contributed by atoms with Crippen LogP contribution >= 0.6 is 11.6 Å². The Morgan fingerprint density at radius 2 is 1.91 bits per heavy atom. The van der Waals surface area contributed by atoms with Gasteiger partial charge in [0.05, 0.1) is 5.02 Å². The zero-order chi connectivity index (χ0) is 24.7. The van der Waals surface area contributed by atoms with E-state index in [1.807, 2.05) is 4.72 Å². The van der Waals surface area contributed by atoms with E-state index in [9.17, 15) is 26.8 Å². The summed E-state index contributed by atoms with van der Waals surface area (Å²) in [5.74, 6) is -2.60. The molecular weight excluding hydrogens is 482 g/mol. The first kappa shape index (κ1) is 24.6. The second kappa shape index (κ2) is 9.08. The fourth-order valence-electron chi connectivity index (χ4n) is 3.11. The largest absolute Gasteiger partial charge is 0.422 e. The van der Waals surface area contributed by atoms with Gasteiger partial charge in [-0.15, -0.1) is 0 Å². The molecule has 0 radical (unpaired) electrons. The Bertz CT molecular complexity index is 1440. The fraction of sp³-hybridized carbons (Fsp3) is 0.238. The molecule has 0 saturated carbocycles. The number of amides is 1. The van der Waals surface area contributed by atoms with Crippen LogP contribution in [-0.2, 0) is 16.4 Å². The van der Waals surface area contributed by atoms with Gasteiger partial charge in [-0.05, 0) is 37.2 Å². The average Bonchev–Trinajstić information content (AvgIpc) is 2.73. The number of nitrogens with zero attached hydrogens (tertiary/aromatic N) is 1. The summed E-state index contributed by atoms with van der Waals surface area (Å²) in [6, 6.07) is 4.57. The van der Waals surface area contributed by atoms with Gasteiger partial charge in [0.1, 0.15) is 17.2 Å². The van der Waals surface area contributed by atoms with Gasteiger partial charge in [0, 0.05) is 37.5 Å². The predicted molar refractivity (Wildman–Crippen MR) is 117 cm³/mol. The molecule has 8 nitrogen and oxygen atoms in total. The second-order valence-electron chi connectivity index (χ2n) is 7.27. The third-order valence-electron chi connectivity index (χ3n) is 4.94. The number of fused-ring (bicyclic) bond motifs is 1. The molecular formula is C21H19ClF2N2O6S. The van der Waals surface area contributed by atoms with Crippen molar-refractivity contribution in [1.29, 1.82) is 0 Å². The van der Waals surface area contributed by atoms with Gasteiger partial charge in [-0.1, -0.05) is 17.7 Å². The third kappa shape index (κ3) is 4.70. The molecule has 12 heteroatoms. The highest BCUT2D eigenvalue weighted by atomic mass is 35.5. The highest BCUT2D eigenvalue weighted by Gasteiger charge is 2.26. The van der Waals surface area contributed by atoms with E-state index in [1.54, 1.807) is 6.92 Å². The standard InChI is InChI=1S/C21H19ClF2N2O6S/c1-10-12-8-14(22)17(32-21(28)26(3)4)9-16(12)31-20(27)13(10)7-11-5-6-15(23)19(18(11)24)33(29,30)25-2/h5-6,8-9,25H,7H2,1-4H3. The summed E-state index contributed by atoms with van der Waals surface area (Å²) >= 11 is 6.22. The van der Waals surface area contributed by atoms with E-state index in [-0.39, 0.29) is 33.9 Å². The van der Waals surface area contributed by atoms with Crippen LogP contribution in [-0.4, -0.2) is 40.6 Å². The van der Waals surface area contributed by atoms with Gasteiger partial charge in [-0.25, -0.2) is 31.5 Å². The molecule has 1 N–H and O–H groups in total. The minimum absolute atomic E-state index is 0.0231. The summed E-state index contributed by atoms with van der Waals surface area (Å²) in [6.45, 7) is 1.57. The van der Waals surface area contributed by atoms with Crippen LogP contribution in [0.5, 0.6) is 5.75 Å². The Hall–Kier alpha value is -3.02. The number of sulfonamides is 1. The molecule has 0 bridgehead atoms. The fourth-order valence-corrected chi connectivity index (χ4v) is 4.20. The summed E-state index contributed by atoms with van der Waals surface area (Å²) in [7, 11) is -0.431. The smallest absolute Gasteiger partial charge is 0.414 e. The van der Waals surface area contributed by atoms with E-state index >= 15 is 0 Å². The number of nitrogens with one attached hydrogen (secondary N) is 1. The van der Waals surface area contributed by atoms with E-state index in [0.29, 0.717) is 10.9 Å². The van der Waals surface area contributed by atoms with E-state index in [0.717, 1.165) is 19.2 Å². The molecule has 0 atom stereocenters. The maximum absolute atomic E-state index is 14.9. The number of rotatable bonds is 5. The molecule has 0 aliphatic rings. The van der Waals surface area contributed by atoms with Crippen molar-refractivity contribution in [3.05, 3.63) is 68.0 Å². The van der Waals surface area contributed by atoms with Crippen molar-refractivity contribution in [3.8, 4) is 5.75 Å². The Morgan fingerprint density at radius 1 is 1.24 bits per heavy atom. The monoisotopic (exact) mass is 500 g/mol. The first-order valence-electron chi connectivity index (χ1n) is 9.42. The molecule has 3 aromatic rings. The minimum atomic E-state index is -4.42. The van der Waals surface area contributed by atoms with Crippen molar-refractivity contribution in [1.82, 2.24) is 9.62 Å². The summed E-state index contributed by atoms with van der Waals surface area (Å²) in [5, 5.41) is 0.459. The number of carbonyl (C=O) groups excluding carboxylic acids is 1. The SMILES string of the molecule is CNS(=O)(=O)c1c(F)ccc(Cc2c(C)c3cc(Cl)c(OC(=O)N(C)C)cc3oc2=O)c1F. The Kier molecular flexibility index (Phi) is 6.78. The number of hydrogen-bond acceptors (Lipinski definition) is 6. The van der Waals surface area contributed by atoms with Crippen molar-refractivity contribution >= 4 is 38.7 Å². The highest BCUT2D eigenvalue weighted by molar-refractivity contribution is 7.89. The number of halogens is 3. The molecule has 0 aliphatic carbocycles. The van der Waals surface area contributed by atoms with E-state index < -0.39 is 38.3 Å². The van der Waals surface area contributed by atoms with Crippen LogP contribution in [0.25, 0.3) is 11.0 Å². The van der Waals surface area contributed by atoms with E-state index in [4.69, 9.17) is 20.8 Å². The highest BCUT2D eigenvalue weighted by Crippen LogP contribution is 2.33. The van der Waals surface area contributed by atoms with Gasteiger partial charge in [-0.3, -0.25) is 0 Å². The molecule has 1 amide bonds.